The van der Waals surface area contributed by atoms with Gasteiger partial charge in [-0.3, -0.25) is 0 Å². The zero-order chi connectivity index (χ0) is 20.3. The van der Waals surface area contributed by atoms with Gasteiger partial charge in [0.25, 0.3) is 0 Å². The number of anilines is 2. The van der Waals surface area contributed by atoms with Crippen LogP contribution < -0.4 is 11.2 Å². The molecule has 2 aliphatic rings. The molecule has 3 nitrogen and oxygen atoms in total. The normalized spacial score (nSPS) is 17.1. The molecule has 30 heavy (non-hydrogen) atoms. The second-order valence-corrected chi connectivity index (χ2v) is 7.79. The first-order chi connectivity index (χ1) is 14.7. The molecule has 3 N–H and O–H groups in total. The van der Waals surface area contributed by atoms with Gasteiger partial charge in [-0.05, 0) is 68.8 Å². The van der Waals surface area contributed by atoms with Crippen LogP contribution in [0.1, 0.15) is 22.3 Å². The minimum absolute atomic E-state index is 0.404. The number of nitrogen functional groups attached to an aromatic ring is 1. The fourth-order valence-electron chi connectivity index (χ4n) is 5.33. The molecule has 0 aliphatic heterocycles. The summed E-state index contributed by atoms with van der Waals surface area (Å²) in [6.07, 6.45) is 1.39. The lowest BCUT2D eigenvalue weighted by Crippen LogP contribution is -2.26. The molecular weight excluding hydrogens is 368 g/mol. The van der Waals surface area contributed by atoms with E-state index in [0.29, 0.717) is 0 Å². The maximum atomic E-state index is 6.31. The lowest BCUT2D eigenvalue weighted by atomic mass is 9.70. The van der Waals surface area contributed by atoms with Crippen molar-refractivity contribution in [3.8, 4) is 22.3 Å². The number of hydrogen-bond acceptors (Lipinski definition) is 3. The smallest absolute Gasteiger partial charge is 0.112 e. The van der Waals surface area contributed by atoms with E-state index in [4.69, 9.17) is 10.6 Å². The Morgan fingerprint density at radius 2 is 1.27 bits per heavy atom. The molecule has 1 spiro atoms. The molecule has 0 saturated carbocycles. The summed E-state index contributed by atoms with van der Waals surface area (Å²) in [4.78, 5) is 5.26. The van der Waals surface area contributed by atoms with E-state index in [-0.39, 0.29) is 0 Å². The number of fused-ring (bicyclic) bond motifs is 10. The Balaban J connectivity index is 1.77. The van der Waals surface area contributed by atoms with Gasteiger partial charge in [-0.2, -0.15) is 0 Å². The highest BCUT2D eigenvalue weighted by Gasteiger charge is 2.51. The molecule has 0 fully saturated rings. The molecule has 1 unspecified atom stereocenters. The zero-order valence-corrected chi connectivity index (χ0v) is 16.4. The Morgan fingerprint density at radius 3 is 1.93 bits per heavy atom. The van der Waals surface area contributed by atoms with Gasteiger partial charge >= 0.3 is 0 Å². The maximum Gasteiger partial charge on any atom is 0.112 e. The molecule has 0 saturated heterocycles. The largest absolute Gasteiger partial charge is 0.399 e. The van der Waals surface area contributed by atoms with E-state index in [1.54, 1.807) is 0 Å². The van der Waals surface area contributed by atoms with E-state index in [0.717, 1.165) is 11.4 Å². The first kappa shape index (κ1) is 16.9. The van der Waals surface area contributed by atoms with Gasteiger partial charge in [0.2, 0.25) is 0 Å². The van der Waals surface area contributed by atoms with E-state index >= 15 is 0 Å². The van der Waals surface area contributed by atoms with Gasteiger partial charge in [0, 0.05) is 5.69 Å². The first-order valence-electron chi connectivity index (χ1n) is 10.0. The topological polar surface area (TPSA) is 47.3 Å². The molecule has 0 bridgehead atoms. The number of benzene rings is 4. The van der Waals surface area contributed by atoms with Crippen LogP contribution >= 0.6 is 0 Å². The Bertz CT molecular complexity index is 1330. The molecule has 4 aromatic carbocycles. The van der Waals surface area contributed by atoms with Crippen LogP contribution in [0.15, 0.2) is 97.8 Å². The summed E-state index contributed by atoms with van der Waals surface area (Å²) in [6, 6.07) is 30.1. The van der Waals surface area contributed by atoms with Crippen LogP contribution in [0.4, 0.5) is 11.4 Å². The number of nitrogens with two attached hydrogens (primary N) is 1. The van der Waals surface area contributed by atoms with Crippen molar-refractivity contribution >= 4 is 11.4 Å². The molecular formula is C27H20N2O. The Morgan fingerprint density at radius 1 is 0.700 bits per heavy atom. The van der Waals surface area contributed by atoms with Crippen LogP contribution in [0.2, 0.25) is 0 Å². The summed E-state index contributed by atoms with van der Waals surface area (Å²) in [5, 5.41) is 0. The minimum Gasteiger partial charge on any atom is -0.399 e. The van der Waals surface area contributed by atoms with E-state index < -0.39 is 5.41 Å². The van der Waals surface area contributed by atoms with E-state index in [1.807, 2.05) is 12.1 Å². The molecule has 3 heteroatoms. The molecule has 0 aromatic heterocycles. The molecule has 0 amide bonds. The summed E-state index contributed by atoms with van der Waals surface area (Å²) in [7, 11) is 0. The first-order valence-corrected chi connectivity index (χ1v) is 10.0. The molecule has 4 aromatic rings. The maximum absolute atomic E-state index is 6.31. The summed E-state index contributed by atoms with van der Waals surface area (Å²) in [6.45, 7) is 3.62. The van der Waals surface area contributed by atoms with Crippen LogP contribution in [-0.4, -0.2) is 0 Å². The van der Waals surface area contributed by atoms with Crippen molar-refractivity contribution in [2.24, 2.45) is 0 Å². The van der Waals surface area contributed by atoms with Gasteiger partial charge in [0.1, 0.15) is 6.26 Å². The van der Waals surface area contributed by atoms with Crippen molar-refractivity contribution in [1.29, 1.82) is 0 Å². The van der Waals surface area contributed by atoms with Crippen LogP contribution in [-0.2, 0) is 10.3 Å². The Labute approximate surface area is 175 Å². The monoisotopic (exact) mass is 388 g/mol. The predicted octanol–water partition coefficient (Wildman–Crippen LogP) is 6.10. The van der Waals surface area contributed by atoms with Gasteiger partial charge in [0.05, 0.1) is 11.1 Å². The molecule has 1 atom stereocenters. The molecule has 2 aliphatic carbocycles. The molecule has 6 rings (SSSR count). The van der Waals surface area contributed by atoms with Crippen molar-refractivity contribution < 1.29 is 4.84 Å². The number of rotatable bonds is 3. The highest BCUT2D eigenvalue weighted by molar-refractivity contribution is 5.96. The van der Waals surface area contributed by atoms with Crippen LogP contribution in [0.5, 0.6) is 0 Å². The second-order valence-electron chi connectivity index (χ2n) is 7.79. The van der Waals surface area contributed by atoms with E-state index in [2.05, 4.69) is 84.9 Å². The second kappa shape index (κ2) is 6.01. The van der Waals surface area contributed by atoms with Gasteiger partial charge in [-0.15, -0.1) is 0 Å². The highest BCUT2D eigenvalue weighted by Crippen LogP contribution is 2.63. The number of nitrogens with one attached hydrogen (secondary N) is 1. The fourth-order valence-corrected chi connectivity index (χ4v) is 5.33. The van der Waals surface area contributed by atoms with Crippen molar-refractivity contribution in [2.45, 2.75) is 5.41 Å². The SMILES string of the molecule is C=CONc1ccc2c(c1)C1(c3ccccc3-c3ccc(N)cc31)c1ccccc1-2. The van der Waals surface area contributed by atoms with Crippen molar-refractivity contribution in [3.05, 3.63) is 120 Å². The predicted molar refractivity (Wildman–Crippen MR) is 122 cm³/mol. The Kier molecular flexibility index (Phi) is 3.39. The van der Waals surface area contributed by atoms with Gasteiger partial charge in [-0.1, -0.05) is 67.2 Å². The lowest BCUT2D eigenvalue weighted by Gasteiger charge is -2.30. The van der Waals surface area contributed by atoms with E-state index in [1.165, 1.54) is 50.8 Å². The summed E-state index contributed by atoms with van der Waals surface area (Å²) in [5.41, 5.74) is 20.6. The third-order valence-corrected chi connectivity index (χ3v) is 6.37. The fraction of sp³-hybridized carbons (Fsp3) is 0.0370. The average Bonchev–Trinajstić information content (AvgIpc) is 3.24. The van der Waals surface area contributed by atoms with Crippen molar-refractivity contribution in [1.82, 2.24) is 0 Å². The summed E-state index contributed by atoms with van der Waals surface area (Å²) < 4.78 is 0. The van der Waals surface area contributed by atoms with Crippen molar-refractivity contribution in [2.75, 3.05) is 11.2 Å². The van der Waals surface area contributed by atoms with Crippen LogP contribution in [0.25, 0.3) is 22.3 Å². The summed E-state index contributed by atoms with van der Waals surface area (Å²) in [5.74, 6) is 0. The molecule has 144 valence electrons. The minimum atomic E-state index is -0.404. The van der Waals surface area contributed by atoms with Crippen molar-refractivity contribution in [3.63, 3.8) is 0 Å². The standard InChI is InChI=1S/C27H20N2O/c1-2-30-29-18-12-14-22-20-8-4-6-10-24(20)27(26(22)16-18)23-9-5-3-7-19(23)21-13-11-17(28)15-25(21)27/h2-16,29H,1,28H2. The quantitative estimate of drug-likeness (QED) is 0.219. The lowest BCUT2D eigenvalue weighted by molar-refractivity contribution is 0.331. The number of hydrogen-bond donors (Lipinski definition) is 2. The third-order valence-electron chi connectivity index (χ3n) is 6.37. The third kappa shape index (κ3) is 1.99. The molecule has 0 radical (unpaired) electrons. The highest BCUT2D eigenvalue weighted by atomic mass is 16.6. The molecule has 0 heterocycles. The van der Waals surface area contributed by atoms with Gasteiger partial charge < -0.3 is 10.6 Å². The van der Waals surface area contributed by atoms with Gasteiger partial charge in [0.15, 0.2) is 0 Å². The van der Waals surface area contributed by atoms with Crippen LogP contribution in [0, 0.1) is 0 Å². The van der Waals surface area contributed by atoms with Crippen LogP contribution in [0.3, 0.4) is 0 Å². The van der Waals surface area contributed by atoms with Gasteiger partial charge in [-0.25, -0.2) is 5.48 Å². The Hall–Kier alpha value is -3.98. The zero-order valence-electron chi connectivity index (χ0n) is 16.4. The van der Waals surface area contributed by atoms with E-state index in [9.17, 15) is 0 Å². The average molecular weight is 388 g/mol. The summed E-state index contributed by atoms with van der Waals surface area (Å²) >= 11 is 0.